The predicted molar refractivity (Wildman–Crippen MR) is 82.1 cm³/mol. The zero-order chi connectivity index (χ0) is 12.9. The first-order valence-electron chi connectivity index (χ1n) is 8.04. The molecule has 0 aromatic carbocycles. The van der Waals surface area contributed by atoms with Crippen LogP contribution < -0.4 is 0 Å². The normalized spacial score (nSPS) is 14.8. The number of rotatable bonds is 12. The second-order valence-corrected chi connectivity index (χ2v) is 11.0. The van der Waals surface area contributed by atoms with Gasteiger partial charge in [0.15, 0.2) is 0 Å². The fraction of sp³-hybridized carbons (Fsp3) is 1.00. The molecule has 17 heavy (non-hydrogen) atoms. The van der Waals surface area contributed by atoms with Crippen LogP contribution in [0.15, 0.2) is 0 Å². The second-order valence-electron chi connectivity index (χ2n) is 5.42. The fourth-order valence-corrected chi connectivity index (χ4v) is 9.17. The van der Waals surface area contributed by atoms with Crippen LogP contribution in [0.4, 0.5) is 0 Å². The Morgan fingerprint density at radius 2 is 1.00 bits per heavy atom. The van der Waals surface area contributed by atoms with Crippen molar-refractivity contribution in [3.8, 4) is 0 Å². The second kappa shape index (κ2) is 13.2. The summed E-state index contributed by atoms with van der Waals surface area (Å²) in [6.45, 7) is 9.43. The van der Waals surface area contributed by atoms with Crippen LogP contribution in [-0.2, 0) is 0 Å². The fourth-order valence-electron chi connectivity index (χ4n) is 2.55. The Balaban J connectivity index is 4.02. The molecule has 102 valence electrons. The maximum atomic E-state index is 2.37. The third-order valence-electron chi connectivity index (χ3n) is 3.56. The van der Waals surface area contributed by atoms with Gasteiger partial charge in [0.05, 0.1) is 0 Å². The molecule has 0 N–H and O–H groups in total. The molecule has 2 atom stereocenters. The summed E-state index contributed by atoms with van der Waals surface area (Å²) in [5.41, 5.74) is 0. The standard InChI is InChI=1S/2C8H17.Sn/c2*1-3-5-7-8-6-4-2;/h2*7H,3-6,8H2,1-2H3;. The molecule has 0 rings (SSSR count). The third-order valence-corrected chi connectivity index (χ3v) is 9.54. The van der Waals surface area contributed by atoms with Crippen LogP contribution in [0.5, 0.6) is 0 Å². The van der Waals surface area contributed by atoms with Gasteiger partial charge >= 0.3 is 121 Å². The van der Waals surface area contributed by atoms with E-state index in [4.69, 9.17) is 0 Å². The zero-order valence-electron chi connectivity index (χ0n) is 12.7. The first-order chi connectivity index (χ1) is 8.28. The summed E-state index contributed by atoms with van der Waals surface area (Å²) >= 11 is -0.123. The van der Waals surface area contributed by atoms with Gasteiger partial charge in [0.25, 0.3) is 0 Å². The van der Waals surface area contributed by atoms with Crippen molar-refractivity contribution in [1.29, 1.82) is 0 Å². The molecule has 0 aromatic rings. The molecule has 0 heterocycles. The maximum absolute atomic E-state index is 2.37. The van der Waals surface area contributed by atoms with E-state index in [1.807, 2.05) is 0 Å². The van der Waals surface area contributed by atoms with Gasteiger partial charge in [-0.2, -0.15) is 0 Å². The van der Waals surface area contributed by atoms with Crippen LogP contribution >= 0.6 is 0 Å². The van der Waals surface area contributed by atoms with Crippen LogP contribution in [0.2, 0.25) is 7.87 Å². The molecule has 0 saturated carbocycles. The van der Waals surface area contributed by atoms with Crippen molar-refractivity contribution in [2.24, 2.45) is 0 Å². The molecule has 0 aromatic heterocycles. The SMILES string of the molecule is CCCC[CH](CCC)[Sn][CH](CCC)CCCC. The van der Waals surface area contributed by atoms with Crippen LogP contribution in [0, 0.1) is 0 Å². The van der Waals surface area contributed by atoms with Gasteiger partial charge in [-0.25, -0.2) is 0 Å². The van der Waals surface area contributed by atoms with Gasteiger partial charge in [0.1, 0.15) is 0 Å². The molecule has 0 aliphatic heterocycles. The summed E-state index contributed by atoms with van der Waals surface area (Å²) in [6.07, 6.45) is 14.8. The van der Waals surface area contributed by atoms with Crippen molar-refractivity contribution in [3.63, 3.8) is 0 Å². The topological polar surface area (TPSA) is 0 Å². The summed E-state index contributed by atoms with van der Waals surface area (Å²) in [4.78, 5) is 0. The van der Waals surface area contributed by atoms with Crippen molar-refractivity contribution >= 4 is 21.1 Å². The number of hydrogen-bond donors (Lipinski definition) is 0. The molecule has 0 aliphatic rings. The van der Waals surface area contributed by atoms with Crippen molar-refractivity contribution in [1.82, 2.24) is 0 Å². The van der Waals surface area contributed by atoms with E-state index in [-0.39, 0.29) is 21.1 Å². The molecule has 1 heteroatoms. The first-order valence-corrected chi connectivity index (χ1v) is 11.3. The molecule has 0 fully saturated rings. The Hall–Kier alpha value is 0.799. The summed E-state index contributed by atoms with van der Waals surface area (Å²) in [6, 6.07) is 0. The van der Waals surface area contributed by atoms with Gasteiger partial charge in [-0.05, 0) is 0 Å². The Bertz CT molecular complexity index is 128. The molecule has 0 bridgehead atoms. The van der Waals surface area contributed by atoms with E-state index in [1.165, 1.54) is 46.4 Å². The van der Waals surface area contributed by atoms with E-state index >= 15 is 0 Å². The molecular weight excluding hydrogens is 311 g/mol. The van der Waals surface area contributed by atoms with Gasteiger partial charge < -0.3 is 0 Å². The number of hydrogen-bond acceptors (Lipinski definition) is 0. The van der Waals surface area contributed by atoms with Crippen LogP contribution in [0.1, 0.15) is 91.9 Å². The van der Waals surface area contributed by atoms with E-state index in [2.05, 4.69) is 27.7 Å². The average Bonchev–Trinajstić information content (AvgIpc) is 2.33. The molecule has 0 aliphatic carbocycles. The summed E-state index contributed by atoms with van der Waals surface area (Å²) < 4.78 is 2.38. The minimum absolute atomic E-state index is 0.123. The molecule has 2 radical (unpaired) electrons. The van der Waals surface area contributed by atoms with Gasteiger partial charge in [-0.1, -0.05) is 0 Å². The van der Waals surface area contributed by atoms with E-state index < -0.39 is 0 Å². The van der Waals surface area contributed by atoms with Crippen molar-refractivity contribution < 1.29 is 0 Å². The van der Waals surface area contributed by atoms with E-state index in [0.717, 1.165) is 0 Å². The number of unbranched alkanes of at least 4 members (excludes halogenated alkanes) is 2. The summed E-state index contributed by atoms with van der Waals surface area (Å²) in [5.74, 6) is 0. The zero-order valence-corrected chi connectivity index (χ0v) is 15.6. The van der Waals surface area contributed by atoms with Crippen molar-refractivity contribution in [2.75, 3.05) is 0 Å². The minimum atomic E-state index is -0.123. The van der Waals surface area contributed by atoms with E-state index in [1.54, 1.807) is 25.7 Å². The van der Waals surface area contributed by atoms with E-state index in [0.29, 0.717) is 0 Å². The molecule has 0 amide bonds. The van der Waals surface area contributed by atoms with Crippen LogP contribution in [-0.4, -0.2) is 21.1 Å². The molecule has 0 saturated heterocycles. The van der Waals surface area contributed by atoms with Crippen LogP contribution in [0.3, 0.4) is 0 Å². The summed E-state index contributed by atoms with van der Waals surface area (Å²) in [5, 5.41) is 0. The molecule has 0 nitrogen and oxygen atoms in total. The summed E-state index contributed by atoms with van der Waals surface area (Å²) in [7, 11) is 0. The van der Waals surface area contributed by atoms with Gasteiger partial charge in [-0.15, -0.1) is 0 Å². The molecular formula is C16H34Sn. The van der Waals surface area contributed by atoms with Crippen molar-refractivity contribution in [3.05, 3.63) is 0 Å². The van der Waals surface area contributed by atoms with Crippen molar-refractivity contribution in [2.45, 2.75) is 99.8 Å². The van der Waals surface area contributed by atoms with E-state index in [9.17, 15) is 0 Å². The molecule has 0 spiro atoms. The Labute approximate surface area is 121 Å². The van der Waals surface area contributed by atoms with Crippen LogP contribution in [0.25, 0.3) is 0 Å². The Morgan fingerprint density at radius 1 is 0.588 bits per heavy atom. The van der Waals surface area contributed by atoms with Gasteiger partial charge in [-0.3, -0.25) is 0 Å². The monoisotopic (exact) mass is 346 g/mol. The molecule has 2 unspecified atom stereocenters. The van der Waals surface area contributed by atoms with Gasteiger partial charge in [0.2, 0.25) is 0 Å². The Morgan fingerprint density at radius 3 is 1.29 bits per heavy atom. The third kappa shape index (κ3) is 10.4. The average molecular weight is 345 g/mol. The predicted octanol–water partition coefficient (Wildman–Crippen LogP) is 6.25. The Kier molecular flexibility index (Phi) is 13.9. The van der Waals surface area contributed by atoms with Gasteiger partial charge in [0, 0.05) is 0 Å². The quantitative estimate of drug-likeness (QED) is 0.367. The first kappa shape index (κ1) is 17.8.